The van der Waals surface area contributed by atoms with E-state index in [0.29, 0.717) is 12.6 Å². The third kappa shape index (κ3) is 6.55. The van der Waals surface area contributed by atoms with Gasteiger partial charge in [-0.3, -0.25) is 0 Å². The Kier molecular flexibility index (Phi) is 7.45. The van der Waals surface area contributed by atoms with E-state index < -0.39 is 0 Å². The summed E-state index contributed by atoms with van der Waals surface area (Å²) in [6, 6.07) is 5.04. The molecule has 0 unspecified atom stereocenters. The molecule has 0 amide bonds. The third-order valence-electron chi connectivity index (χ3n) is 2.74. The van der Waals surface area contributed by atoms with Crippen molar-refractivity contribution in [1.29, 1.82) is 0 Å². The van der Waals surface area contributed by atoms with Crippen molar-refractivity contribution in [3.63, 3.8) is 0 Å². The van der Waals surface area contributed by atoms with E-state index in [0.717, 1.165) is 31.6 Å². The van der Waals surface area contributed by atoms with Gasteiger partial charge >= 0.3 is 0 Å². The fraction of sp³-hybridized carbons (Fsp3) is 0.600. The van der Waals surface area contributed by atoms with Crippen LogP contribution in [0.15, 0.2) is 18.2 Å². The predicted octanol–water partition coefficient (Wildman–Crippen LogP) is 3.13. The first-order chi connectivity index (χ1) is 9.13. The first-order valence-corrected chi connectivity index (χ1v) is 6.78. The number of benzene rings is 1. The Morgan fingerprint density at radius 1 is 1.26 bits per heavy atom. The van der Waals surface area contributed by atoms with E-state index >= 15 is 0 Å². The Balaban J connectivity index is 2.14. The average molecular weight is 269 g/mol. The number of nitrogens with one attached hydrogen (secondary N) is 1. The van der Waals surface area contributed by atoms with E-state index in [1.54, 1.807) is 6.07 Å². The molecular weight excluding hydrogens is 245 g/mol. The van der Waals surface area contributed by atoms with Crippen molar-refractivity contribution in [2.75, 3.05) is 20.3 Å². The van der Waals surface area contributed by atoms with Crippen LogP contribution in [0, 0.1) is 5.82 Å². The highest BCUT2D eigenvalue weighted by Gasteiger charge is 2.02. The first-order valence-electron chi connectivity index (χ1n) is 6.78. The van der Waals surface area contributed by atoms with Gasteiger partial charge in [-0.05, 0) is 50.9 Å². The molecule has 0 aliphatic rings. The van der Waals surface area contributed by atoms with E-state index in [9.17, 15) is 4.39 Å². The fourth-order valence-corrected chi connectivity index (χ4v) is 1.72. The quantitative estimate of drug-likeness (QED) is 0.699. The molecule has 3 nitrogen and oxygen atoms in total. The van der Waals surface area contributed by atoms with Crippen molar-refractivity contribution < 1.29 is 13.9 Å². The van der Waals surface area contributed by atoms with Crippen molar-refractivity contribution >= 4 is 0 Å². The molecule has 4 heteroatoms. The Hall–Kier alpha value is -1.13. The number of hydrogen-bond donors (Lipinski definition) is 1. The Morgan fingerprint density at radius 2 is 2.05 bits per heavy atom. The summed E-state index contributed by atoms with van der Waals surface area (Å²) >= 11 is 0. The number of halogens is 1. The molecule has 0 saturated heterocycles. The highest BCUT2D eigenvalue weighted by molar-refractivity contribution is 5.29. The Labute approximate surface area is 115 Å². The molecule has 0 aliphatic carbocycles. The largest absolute Gasteiger partial charge is 0.494 e. The molecule has 0 aliphatic heterocycles. The number of ether oxygens (including phenoxy) is 2. The summed E-state index contributed by atoms with van der Waals surface area (Å²) < 4.78 is 23.8. The van der Waals surface area contributed by atoms with Gasteiger partial charge in [0.25, 0.3) is 0 Å². The van der Waals surface area contributed by atoms with Gasteiger partial charge < -0.3 is 14.8 Å². The minimum Gasteiger partial charge on any atom is -0.494 e. The summed E-state index contributed by atoms with van der Waals surface area (Å²) in [5.41, 5.74) is 0.928. The molecule has 1 aromatic rings. The molecular formula is C15H24FNO2. The van der Waals surface area contributed by atoms with Crippen molar-refractivity contribution in [3.8, 4) is 5.75 Å². The summed E-state index contributed by atoms with van der Waals surface area (Å²) in [5, 5.41) is 3.29. The number of rotatable bonds is 9. The fourth-order valence-electron chi connectivity index (χ4n) is 1.72. The molecule has 0 aromatic heterocycles. The lowest BCUT2D eigenvalue weighted by Gasteiger charge is -2.08. The SMILES string of the molecule is COc1ccc(CNCCCCOC(C)C)cc1F. The maximum Gasteiger partial charge on any atom is 0.165 e. The highest BCUT2D eigenvalue weighted by Crippen LogP contribution is 2.17. The molecule has 0 atom stereocenters. The van der Waals surface area contributed by atoms with Gasteiger partial charge in [-0.2, -0.15) is 0 Å². The van der Waals surface area contributed by atoms with Crippen LogP contribution in [0.3, 0.4) is 0 Å². The second-order valence-corrected chi connectivity index (χ2v) is 4.77. The lowest BCUT2D eigenvalue weighted by atomic mass is 10.2. The van der Waals surface area contributed by atoms with Gasteiger partial charge in [0.2, 0.25) is 0 Å². The summed E-state index contributed by atoms with van der Waals surface area (Å²) in [6.07, 6.45) is 2.41. The van der Waals surface area contributed by atoms with Crippen LogP contribution in [0.1, 0.15) is 32.3 Å². The van der Waals surface area contributed by atoms with Gasteiger partial charge in [-0.1, -0.05) is 6.07 Å². The van der Waals surface area contributed by atoms with Crippen LogP contribution < -0.4 is 10.1 Å². The minimum absolute atomic E-state index is 0.287. The molecule has 1 N–H and O–H groups in total. The van der Waals surface area contributed by atoms with Crippen LogP contribution in [0.2, 0.25) is 0 Å². The van der Waals surface area contributed by atoms with Gasteiger partial charge in [0.05, 0.1) is 13.2 Å². The zero-order chi connectivity index (χ0) is 14.1. The molecule has 0 heterocycles. The molecule has 0 spiro atoms. The normalized spacial score (nSPS) is 11.0. The van der Waals surface area contributed by atoms with Crippen LogP contribution in [0.4, 0.5) is 4.39 Å². The molecule has 19 heavy (non-hydrogen) atoms. The maximum atomic E-state index is 13.4. The van der Waals surface area contributed by atoms with Crippen LogP contribution in [-0.4, -0.2) is 26.4 Å². The van der Waals surface area contributed by atoms with Gasteiger partial charge in [-0.25, -0.2) is 4.39 Å². The predicted molar refractivity (Wildman–Crippen MR) is 75.0 cm³/mol. The number of unbranched alkanes of at least 4 members (excludes halogenated alkanes) is 1. The first kappa shape index (κ1) is 15.9. The van der Waals surface area contributed by atoms with Crippen LogP contribution in [0.25, 0.3) is 0 Å². The second-order valence-electron chi connectivity index (χ2n) is 4.77. The summed E-state index contributed by atoms with van der Waals surface area (Å²) in [6.45, 7) is 6.46. The zero-order valence-electron chi connectivity index (χ0n) is 12.0. The van der Waals surface area contributed by atoms with E-state index in [1.807, 2.05) is 19.9 Å². The lowest BCUT2D eigenvalue weighted by molar-refractivity contribution is 0.0760. The van der Waals surface area contributed by atoms with Crippen LogP contribution in [0.5, 0.6) is 5.75 Å². The van der Waals surface area contributed by atoms with Gasteiger partial charge in [-0.15, -0.1) is 0 Å². The standard InChI is InChI=1S/C15H24FNO2/c1-12(2)19-9-5-4-8-17-11-13-6-7-15(18-3)14(16)10-13/h6-7,10,12,17H,4-5,8-9,11H2,1-3H3. The van der Waals surface area contributed by atoms with Gasteiger partial charge in [0, 0.05) is 13.2 Å². The number of hydrogen-bond acceptors (Lipinski definition) is 3. The van der Waals surface area contributed by atoms with Crippen LogP contribution >= 0.6 is 0 Å². The maximum absolute atomic E-state index is 13.4. The Bertz CT molecular complexity index is 369. The minimum atomic E-state index is -0.313. The summed E-state index contributed by atoms with van der Waals surface area (Å²) in [5.74, 6) is -0.0262. The summed E-state index contributed by atoms with van der Waals surface area (Å²) in [7, 11) is 1.47. The highest BCUT2D eigenvalue weighted by atomic mass is 19.1. The van der Waals surface area contributed by atoms with E-state index in [2.05, 4.69) is 5.32 Å². The van der Waals surface area contributed by atoms with Gasteiger partial charge in [0.1, 0.15) is 0 Å². The molecule has 0 fully saturated rings. The van der Waals surface area contributed by atoms with Crippen molar-refractivity contribution in [2.45, 2.75) is 39.3 Å². The molecule has 0 saturated carbocycles. The average Bonchev–Trinajstić information content (AvgIpc) is 2.37. The molecule has 0 radical (unpaired) electrons. The third-order valence-corrected chi connectivity index (χ3v) is 2.74. The molecule has 108 valence electrons. The van der Waals surface area contributed by atoms with Gasteiger partial charge in [0.15, 0.2) is 11.6 Å². The van der Waals surface area contributed by atoms with Crippen molar-refractivity contribution in [1.82, 2.24) is 5.32 Å². The van der Waals surface area contributed by atoms with Crippen molar-refractivity contribution in [3.05, 3.63) is 29.6 Å². The zero-order valence-corrected chi connectivity index (χ0v) is 12.0. The lowest BCUT2D eigenvalue weighted by Crippen LogP contribution is -2.15. The monoisotopic (exact) mass is 269 g/mol. The smallest absolute Gasteiger partial charge is 0.165 e. The molecule has 1 rings (SSSR count). The van der Waals surface area contributed by atoms with Crippen molar-refractivity contribution in [2.24, 2.45) is 0 Å². The molecule has 1 aromatic carbocycles. The van der Waals surface area contributed by atoms with E-state index in [1.165, 1.54) is 13.2 Å². The topological polar surface area (TPSA) is 30.5 Å². The second kappa shape index (κ2) is 8.88. The van der Waals surface area contributed by atoms with Crippen LogP contribution in [-0.2, 0) is 11.3 Å². The van der Waals surface area contributed by atoms with E-state index in [-0.39, 0.29) is 11.6 Å². The Morgan fingerprint density at radius 3 is 2.68 bits per heavy atom. The number of methoxy groups -OCH3 is 1. The summed E-state index contributed by atoms with van der Waals surface area (Å²) in [4.78, 5) is 0. The molecule has 0 bridgehead atoms. The van der Waals surface area contributed by atoms with E-state index in [4.69, 9.17) is 9.47 Å².